The van der Waals surface area contributed by atoms with E-state index in [1.807, 2.05) is 36.4 Å². The molecule has 0 spiro atoms. The molecule has 0 fully saturated rings. The van der Waals surface area contributed by atoms with Gasteiger partial charge < -0.3 is 9.13 Å². The van der Waals surface area contributed by atoms with Gasteiger partial charge in [0.15, 0.2) is 5.69 Å². The lowest BCUT2D eigenvalue weighted by atomic mass is 9.98. The van der Waals surface area contributed by atoms with Gasteiger partial charge in [-0.2, -0.15) is 5.26 Å². The van der Waals surface area contributed by atoms with Crippen LogP contribution in [-0.2, 0) is 0 Å². The Labute approximate surface area is 277 Å². The molecule has 0 atom stereocenters. The van der Waals surface area contributed by atoms with Crippen molar-refractivity contribution in [3.8, 4) is 39.7 Å². The molecule has 0 radical (unpaired) electrons. The number of para-hydroxylation sites is 3. The molecular formula is C44H26N4. The molecule has 0 unspecified atom stereocenters. The average molecular weight is 611 g/mol. The minimum absolute atomic E-state index is 0.609. The molecule has 0 aliphatic heterocycles. The van der Waals surface area contributed by atoms with Crippen LogP contribution in [0.15, 0.2) is 158 Å². The van der Waals surface area contributed by atoms with Crippen LogP contribution < -0.4 is 0 Å². The fraction of sp³-hybridized carbons (Fsp3) is 0. The molecule has 0 bridgehead atoms. The normalized spacial score (nSPS) is 11.3. The first-order valence-corrected chi connectivity index (χ1v) is 15.9. The second kappa shape index (κ2) is 10.9. The van der Waals surface area contributed by atoms with Crippen molar-refractivity contribution < 1.29 is 0 Å². The van der Waals surface area contributed by atoms with E-state index in [4.69, 9.17) is 6.57 Å². The van der Waals surface area contributed by atoms with Crippen molar-refractivity contribution in [3.05, 3.63) is 175 Å². The van der Waals surface area contributed by atoms with E-state index in [1.165, 1.54) is 10.8 Å². The maximum Gasteiger partial charge on any atom is 0.189 e. The van der Waals surface area contributed by atoms with Crippen molar-refractivity contribution in [1.29, 1.82) is 5.26 Å². The number of aromatic nitrogens is 2. The van der Waals surface area contributed by atoms with Crippen LogP contribution in [0.4, 0.5) is 5.69 Å². The molecule has 0 aliphatic carbocycles. The minimum Gasteiger partial charge on any atom is -0.310 e. The Bertz CT molecular complexity index is 2750. The molecule has 0 saturated heterocycles. The van der Waals surface area contributed by atoms with Gasteiger partial charge in [-0.15, -0.1) is 0 Å². The third-order valence-corrected chi connectivity index (χ3v) is 9.37. The van der Waals surface area contributed by atoms with E-state index in [9.17, 15) is 5.26 Å². The Morgan fingerprint density at radius 3 is 1.75 bits per heavy atom. The second-order valence-corrected chi connectivity index (χ2v) is 12.0. The molecule has 9 aromatic rings. The van der Waals surface area contributed by atoms with Crippen LogP contribution in [0.5, 0.6) is 0 Å². The molecule has 2 heterocycles. The maximum absolute atomic E-state index is 9.55. The van der Waals surface area contributed by atoms with Gasteiger partial charge >= 0.3 is 0 Å². The number of fused-ring (bicyclic) bond motifs is 6. The second-order valence-electron chi connectivity index (χ2n) is 12.0. The van der Waals surface area contributed by atoms with Gasteiger partial charge in [0, 0.05) is 38.5 Å². The van der Waals surface area contributed by atoms with Gasteiger partial charge in [-0.05, 0) is 71.3 Å². The van der Waals surface area contributed by atoms with Crippen molar-refractivity contribution in [3.63, 3.8) is 0 Å². The van der Waals surface area contributed by atoms with Crippen LogP contribution in [-0.4, -0.2) is 9.13 Å². The molecule has 7 aromatic carbocycles. The fourth-order valence-corrected chi connectivity index (χ4v) is 7.19. The highest BCUT2D eigenvalue weighted by molar-refractivity contribution is 6.11. The van der Waals surface area contributed by atoms with E-state index < -0.39 is 0 Å². The molecule has 2 aromatic heterocycles. The number of nitriles is 1. The number of hydrogen-bond donors (Lipinski definition) is 0. The summed E-state index contributed by atoms with van der Waals surface area (Å²) in [6, 6.07) is 56.8. The van der Waals surface area contributed by atoms with Crippen LogP contribution in [0.25, 0.3) is 82.1 Å². The van der Waals surface area contributed by atoms with Gasteiger partial charge in [-0.3, -0.25) is 0 Å². The van der Waals surface area contributed by atoms with E-state index in [0.29, 0.717) is 11.3 Å². The Balaban J connectivity index is 1.16. The first-order valence-electron chi connectivity index (χ1n) is 15.9. The lowest BCUT2D eigenvalue weighted by Gasteiger charge is -2.15. The largest absolute Gasteiger partial charge is 0.310 e. The van der Waals surface area contributed by atoms with E-state index >= 15 is 0 Å². The number of nitrogens with zero attached hydrogens (tertiary/aromatic N) is 4. The van der Waals surface area contributed by atoms with Crippen molar-refractivity contribution in [2.75, 3.05) is 0 Å². The highest BCUT2D eigenvalue weighted by Crippen LogP contribution is 2.39. The molecule has 4 nitrogen and oxygen atoms in total. The Morgan fingerprint density at radius 2 is 1.08 bits per heavy atom. The predicted molar refractivity (Wildman–Crippen MR) is 197 cm³/mol. The summed E-state index contributed by atoms with van der Waals surface area (Å²) in [5.74, 6) is 0. The van der Waals surface area contributed by atoms with Crippen LogP contribution in [0, 0.1) is 17.9 Å². The Morgan fingerprint density at radius 1 is 0.479 bits per heavy atom. The summed E-state index contributed by atoms with van der Waals surface area (Å²) in [6.07, 6.45) is 0. The first-order chi connectivity index (χ1) is 23.7. The Kier molecular flexibility index (Phi) is 6.22. The minimum atomic E-state index is 0.609. The molecule has 0 aliphatic rings. The highest BCUT2D eigenvalue weighted by atomic mass is 15.0. The summed E-state index contributed by atoms with van der Waals surface area (Å²) in [5.41, 5.74) is 12.1. The topological polar surface area (TPSA) is 38.0 Å². The average Bonchev–Trinajstić information content (AvgIpc) is 3.67. The van der Waals surface area contributed by atoms with E-state index in [0.717, 1.165) is 66.5 Å². The van der Waals surface area contributed by atoms with Crippen molar-refractivity contribution in [1.82, 2.24) is 9.13 Å². The molecule has 222 valence electrons. The third-order valence-electron chi connectivity index (χ3n) is 9.37. The summed E-state index contributed by atoms with van der Waals surface area (Å²) < 4.78 is 4.57. The predicted octanol–water partition coefficient (Wildman–Crippen LogP) is 11.6. The van der Waals surface area contributed by atoms with Gasteiger partial charge in [0.25, 0.3) is 0 Å². The summed E-state index contributed by atoms with van der Waals surface area (Å²) in [7, 11) is 0. The van der Waals surface area contributed by atoms with Gasteiger partial charge in [0.1, 0.15) is 0 Å². The maximum atomic E-state index is 9.55. The molecule has 48 heavy (non-hydrogen) atoms. The lowest BCUT2D eigenvalue weighted by Crippen LogP contribution is -1.97. The molecule has 0 amide bonds. The standard InChI is InChI=1S/C44H26N4/c1-46-33-22-23-35(44(27-33)48-41-15-6-2-11-36(41)37-12-3-7-16-42(37)48)31-20-18-30(19-21-31)32-9-8-10-34(26-32)47-40-14-5-4-13-38(40)39-25-29(28-45)17-24-43(39)47/h2-27H. The number of rotatable bonds is 4. The summed E-state index contributed by atoms with van der Waals surface area (Å²) in [6.45, 7) is 7.77. The van der Waals surface area contributed by atoms with Crippen LogP contribution in [0.1, 0.15) is 5.56 Å². The molecule has 9 rings (SSSR count). The third kappa shape index (κ3) is 4.22. The van der Waals surface area contributed by atoms with Crippen LogP contribution in [0.3, 0.4) is 0 Å². The van der Waals surface area contributed by atoms with Crippen molar-refractivity contribution >= 4 is 49.3 Å². The molecule has 0 N–H and O–H groups in total. The van der Waals surface area contributed by atoms with Crippen molar-refractivity contribution in [2.45, 2.75) is 0 Å². The highest BCUT2D eigenvalue weighted by Gasteiger charge is 2.17. The molecule has 4 heteroatoms. The smallest absolute Gasteiger partial charge is 0.189 e. The number of benzene rings is 7. The zero-order valence-electron chi connectivity index (χ0n) is 25.8. The van der Waals surface area contributed by atoms with Gasteiger partial charge in [-0.25, -0.2) is 4.85 Å². The van der Waals surface area contributed by atoms with Crippen LogP contribution >= 0.6 is 0 Å². The Hall–Kier alpha value is -6.88. The summed E-state index contributed by atoms with van der Waals surface area (Å²) in [4.78, 5) is 3.79. The van der Waals surface area contributed by atoms with Crippen molar-refractivity contribution in [2.24, 2.45) is 0 Å². The van der Waals surface area contributed by atoms with E-state index in [2.05, 4.69) is 141 Å². The van der Waals surface area contributed by atoms with E-state index in [-0.39, 0.29) is 0 Å². The summed E-state index contributed by atoms with van der Waals surface area (Å²) >= 11 is 0. The van der Waals surface area contributed by atoms with Crippen LogP contribution in [0.2, 0.25) is 0 Å². The SMILES string of the molecule is [C-]#[N+]c1ccc(-c2ccc(-c3cccc(-n4c5ccccc5c5cc(C#N)ccc54)c3)cc2)c(-n2c3ccccc3c3ccccc32)c1. The monoisotopic (exact) mass is 610 g/mol. The zero-order valence-corrected chi connectivity index (χ0v) is 25.8. The fourth-order valence-electron chi connectivity index (χ4n) is 7.19. The van der Waals surface area contributed by atoms with Gasteiger partial charge in [0.2, 0.25) is 0 Å². The molecule has 0 saturated carbocycles. The zero-order chi connectivity index (χ0) is 32.2. The lowest BCUT2D eigenvalue weighted by molar-refractivity contribution is 1.18. The van der Waals surface area contributed by atoms with Gasteiger partial charge in [-0.1, -0.05) is 103 Å². The number of hydrogen-bond acceptors (Lipinski definition) is 1. The first kappa shape index (κ1) is 27.4. The van der Waals surface area contributed by atoms with E-state index in [1.54, 1.807) is 0 Å². The van der Waals surface area contributed by atoms with Gasteiger partial charge in [0.05, 0.1) is 40.3 Å². The molecular weight excluding hydrogens is 585 g/mol. The summed E-state index contributed by atoms with van der Waals surface area (Å²) in [5, 5.41) is 14.1. The quantitative estimate of drug-likeness (QED) is 0.183.